The average molecular weight is 461 g/mol. The van der Waals surface area contributed by atoms with E-state index in [0.29, 0.717) is 31.2 Å². The van der Waals surface area contributed by atoms with Crippen LogP contribution in [-0.4, -0.2) is 49.0 Å². The number of aryl methyl sites for hydroxylation is 1. The van der Waals surface area contributed by atoms with Gasteiger partial charge < -0.3 is 14.5 Å². The van der Waals surface area contributed by atoms with Crippen LogP contribution in [0.5, 0.6) is 0 Å². The number of halogens is 1. The van der Waals surface area contributed by atoms with Gasteiger partial charge in [-0.1, -0.05) is 29.3 Å². The molecule has 6 nitrogen and oxygen atoms in total. The molecule has 1 aliphatic rings. The molecule has 0 spiro atoms. The van der Waals surface area contributed by atoms with Crippen molar-refractivity contribution in [2.75, 3.05) is 31.1 Å². The Kier molecular flexibility index (Phi) is 7.73. The van der Waals surface area contributed by atoms with E-state index in [0.717, 1.165) is 16.1 Å². The molecule has 1 saturated heterocycles. The number of amides is 1. The number of carbonyl (C=O) groups is 1. The van der Waals surface area contributed by atoms with Crippen molar-refractivity contribution in [3.05, 3.63) is 58.6 Å². The molecule has 3 rings (SSSR count). The summed E-state index contributed by atoms with van der Waals surface area (Å²) in [4.78, 5) is 20.4. The van der Waals surface area contributed by atoms with E-state index in [1.165, 1.54) is 17.5 Å². The van der Waals surface area contributed by atoms with Gasteiger partial charge in [-0.2, -0.15) is 5.10 Å². The summed E-state index contributed by atoms with van der Waals surface area (Å²) < 4.78 is 5.49. The van der Waals surface area contributed by atoms with Gasteiger partial charge in [-0.3, -0.25) is 0 Å². The Morgan fingerprint density at radius 1 is 1.13 bits per heavy atom. The zero-order valence-corrected chi connectivity index (χ0v) is 20.0. The first-order valence-electron chi connectivity index (χ1n) is 10.3. The van der Waals surface area contributed by atoms with E-state index in [4.69, 9.17) is 16.3 Å². The summed E-state index contributed by atoms with van der Waals surface area (Å²) in [5, 5.41) is 5.03. The molecule has 2 aromatic carbocycles. The molecule has 0 bridgehead atoms. The topological polar surface area (TPSA) is 57.2 Å². The Labute approximate surface area is 193 Å². The molecule has 1 amide bonds. The lowest BCUT2D eigenvalue weighted by Crippen LogP contribution is -2.50. The van der Waals surface area contributed by atoms with Gasteiger partial charge in [0.2, 0.25) is 0 Å². The number of nitrogens with one attached hydrogen (secondary N) is 1. The highest BCUT2D eigenvalue weighted by Gasteiger charge is 2.26. The van der Waals surface area contributed by atoms with Crippen LogP contribution in [0.15, 0.2) is 52.5 Å². The molecule has 0 unspecified atom stereocenters. The highest BCUT2D eigenvalue weighted by atomic mass is 35.5. The van der Waals surface area contributed by atoms with Crippen LogP contribution in [0.3, 0.4) is 0 Å². The zero-order chi connectivity index (χ0) is 22.4. The number of carbonyl (C=O) groups excluding carboxylic acids is 1. The Morgan fingerprint density at radius 3 is 2.45 bits per heavy atom. The molecule has 0 saturated carbocycles. The third kappa shape index (κ3) is 7.08. The number of piperazine rings is 1. The van der Waals surface area contributed by atoms with E-state index < -0.39 is 5.60 Å². The molecular formula is C23H29ClN4O2S. The van der Waals surface area contributed by atoms with Crippen molar-refractivity contribution in [1.82, 2.24) is 9.73 Å². The van der Waals surface area contributed by atoms with Crippen LogP contribution in [0, 0.1) is 6.92 Å². The number of nitrogens with zero attached hydrogens (tertiary/aromatic N) is 3. The predicted molar refractivity (Wildman–Crippen MR) is 129 cm³/mol. The second-order valence-electron chi connectivity index (χ2n) is 8.42. The van der Waals surface area contributed by atoms with Crippen LogP contribution in [0.2, 0.25) is 5.02 Å². The molecular weight excluding hydrogens is 432 g/mol. The van der Waals surface area contributed by atoms with E-state index in [-0.39, 0.29) is 6.09 Å². The third-order valence-corrected chi connectivity index (χ3v) is 5.65. The van der Waals surface area contributed by atoms with E-state index in [1.54, 1.807) is 11.1 Å². The first kappa shape index (κ1) is 23.3. The smallest absolute Gasteiger partial charge is 0.410 e. The minimum Gasteiger partial charge on any atom is -0.444 e. The number of hydrogen-bond donors (Lipinski definition) is 1. The van der Waals surface area contributed by atoms with Gasteiger partial charge in [0, 0.05) is 59.3 Å². The van der Waals surface area contributed by atoms with Gasteiger partial charge in [-0.25, -0.2) is 9.63 Å². The van der Waals surface area contributed by atoms with E-state index >= 15 is 0 Å². The molecule has 2 aromatic rings. The maximum atomic E-state index is 12.3. The van der Waals surface area contributed by atoms with Gasteiger partial charge in [0.05, 0.1) is 6.21 Å². The van der Waals surface area contributed by atoms with Crippen molar-refractivity contribution < 1.29 is 9.53 Å². The summed E-state index contributed by atoms with van der Waals surface area (Å²) in [6, 6.07) is 14.0. The van der Waals surface area contributed by atoms with Crippen molar-refractivity contribution in [2.24, 2.45) is 5.10 Å². The van der Waals surface area contributed by atoms with Crippen molar-refractivity contribution >= 4 is 41.5 Å². The van der Waals surface area contributed by atoms with Gasteiger partial charge in [-0.05, 0) is 58.0 Å². The van der Waals surface area contributed by atoms with Crippen LogP contribution in [0.4, 0.5) is 10.5 Å². The quantitative estimate of drug-likeness (QED) is 0.371. The summed E-state index contributed by atoms with van der Waals surface area (Å²) in [5.74, 6) is 0. The van der Waals surface area contributed by atoms with Crippen molar-refractivity contribution in [3.8, 4) is 0 Å². The maximum absolute atomic E-state index is 12.3. The van der Waals surface area contributed by atoms with Crippen LogP contribution in [-0.2, 0) is 4.74 Å². The van der Waals surface area contributed by atoms with Crippen LogP contribution in [0.1, 0.15) is 31.9 Å². The van der Waals surface area contributed by atoms with Crippen molar-refractivity contribution in [3.63, 3.8) is 0 Å². The summed E-state index contributed by atoms with van der Waals surface area (Å²) >= 11 is 7.72. The largest absolute Gasteiger partial charge is 0.444 e. The fraction of sp³-hybridized carbons (Fsp3) is 0.391. The number of hydrogen-bond acceptors (Lipinski definition) is 6. The minimum absolute atomic E-state index is 0.266. The lowest BCUT2D eigenvalue weighted by atomic mass is 10.1. The molecule has 31 heavy (non-hydrogen) atoms. The lowest BCUT2D eigenvalue weighted by molar-refractivity contribution is 0.0240. The lowest BCUT2D eigenvalue weighted by Gasteiger charge is -2.37. The minimum atomic E-state index is -0.492. The second kappa shape index (κ2) is 10.3. The van der Waals surface area contributed by atoms with Crippen molar-refractivity contribution in [2.45, 2.75) is 38.2 Å². The fourth-order valence-corrected chi connectivity index (χ4v) is 3.79. The molecule has 0 aromatic heterocycles. The first-order valence-corrected chi connectivity index (χ1v) is 11.4. The molecule has 166 valence electrons. The predicted octanol–water partition coefficient (Wildman–Crippen LogP) is 5.34. The SMILES string of the molecule is Cc1ccc(SN/N=C/c2ccc(Cl)cc2N2CCN(C(=O)OC(C)(C)C)CC2)cc1. The van der Waals surface area contributed by atoms with Gasteiger partial charge >= 0.3 is 6.09 Å². The Morgan fingerprint density at radius 2 is 1.81 bits per heavy atom. The normalized spacial score (nSPS) is 14.7. The molecule has 0 atom stereocenters. The third-order valence-electron chi connectivity index (χ3n) is 4.71. The first-order chi connectivity index (χ1) is 14.7. The van der Waals surface area contributed by atoms with E-state index in [2.05, 4.69) is 46.0 Å². The summed E-state index contributed by atoms with van der Waals surface area (Å²) in [7, 11) is 0. The molecule has 0 radical (unpaired) electrons. The van der Waals surface area contributed by atoms with Gasteiger partial charge in [0.15, 0.2) is 0 Å². The Hall–Kier alpha value is -2.38. The number of anilines is 1. The maximum Gasteiger partial charge on any atom is 0.410 e. The summed E-state index contributed by atoms with van der Waals surface area (Å²) in [6.45, 7) is 10.3. The van der Waals surface area contributed by atoms with E-state index in [9.17, 15) is 4.79 Å². The highest BCUT2D eigenvalue weighted by molar-refractivity contribution is 7.97. The second-order valence-corrected chi connectivity index (χ2v) is 9.72. The van der Waals surface area contributed by atoms with Gasteiger partial charge in [0.25, 0.3) is 0 Å². The molecule has 0 aliphatic carbocycles. The zero-order valence-electron chi connectivity index (χ0n) is 18.4. The molecule has 1 aliphatic heterocycles. The number of rotatable bonds is 5. The standard InChI is InChI=1S/C23H29ClN4O2S/c1-17-5-9-20(10-6-17)31-26-25-16-18-7-8-19(24)15-21(18)27-11-13-28(14-12-27)22(29)30-23(2,3)4/h5-10,15-16,26H,11-14H2,1-4H3/b25-16+. The molecule has 1 N–H and O–H groups in total. The summed E-state index contributed by atoms with van der Waals surface area (Å²) in [6.07, 6.45) is 1.53. The fourth-order valence-electron chi connectivity index (χ4n) is 3.14. The summed E-state index contributed by atoms with van der Waals surface area (Å²) in [5.41, 5.74) is 2.70. The average Bonchev–Trinajstić information content (AvgIpc) is 2.72. The van der Waals surface area contributed by atoms with Crippen LogP contribution in [0.25, 0.3) is 0 Å². The van der Waals surface area contributed by atoms with Gasteiger partial charge in [-0.15, -0.1) is 0 Å². The number of hydrazone groups is 1. The van der Waals surface area contributed by atoms with Crippen LogP contribution >= 0.6 is 23.5 Å². The van der Waals surface area contributed by atoms with E-state index in [1.807, 2.05) is 39.0 Å². The Bertz CT molecular complexity index is 920. The van der Waals surface area contributed by atoms with Crippen molar-refractivity contribution in [1.29, 1.82) is 0 Å². The molecule has 1 fully saturated rings. The molecule has 1 heterocycles. The highest BCUT2D eigenvalue weighted by Crippen LogP contribution is 2.25. The monoisotopic (exact) mass is 460 g/mol. The van der Waals surface area contributed by atoms with Crippen LogP contribution < -0.4 is 9.73 Å². The Balaban J connectivity index is 1.61. The number of benzene rings is 2. The number of ether oxygens (including phenoxy) is 1. The van der Waals surface area contributed by atoms with Gasteiger partial charge in [0.1, 0.15) is 5.60 Å². The molecule has 8 heteroatoms.